The molecule has 0 saturated carbocycles. The Balaban J connectivity index is 0. The Morgan fingerprint density at radius 2 is 1.38 bits per heavy atom. The van der Waals surface area contributed by atoms with E-state index < -0.39 is 6.68 Å². The maximum Gasteiger partial charge on any atom is 1.00 e. The molecule has 0 aromatic heterocycles. The summed E-state index contributed by atoms with van der Waals surface area (Å²) in [5.74, 6) is 0. The first-order valence-electron chi connectivity index (χ1n) is 3.92. The maximum absolute atomic E-state index is 7.73. The van der Waals surface area contributed by atoms with Gasteiger partial charge in [-0.05, 0) is 6.68 Å². The fourth-order valence-electron chi connectivity index (χ4n) is 0.866. The average Bonchev–Trinajstić information content (AvgIpc) is 1.87. The molecule has 2 heteroatoms. The zero-order chi connectivity index (χ0) is 6.62. The van der Waals surface area contributed by atoms with E-state index in [2.05, 4.69) is 20.8 Å². The average molecular weight is 107 g/mol. The summed E-state index contributed by atoms with van der Waals surface area (Å²) in [7, 11) is 0. The molecule has 0 radical (unpaired) electrons. The second kappa shape index (κ2) is 7.66. The predicted molar refractivity (Wildman–Crippen MR) is 38.6 cm³/mol. The summed E-state index contributed by atoms with van der Waals surface area (Å²) in [6.07, 6.45) is 3.15. The molecule has 0 aromatic rings. The standard InChI is InChI=1S/C6H16B.Li/c1-4-7(5-2)6-3;/h7H,4-6H2,1-3H3;/q-1;+1/i7D;. The molecule has 0 atom stereocenters. The summed E-state index contributed by atoms with van der Waals surface area (Å²) in [5, 5.41) is 0. The third kappa shape index (κ3) is 4.81. The molecular formula is C6H16BLi. The van der Waals surface area contributed by atoms with Crippen LogP contribution in [0, 0.1) is 0 Å². The van der Waals surface area contributed by atoms with Crippen LogP contribution in [0.2, 0.25) is 19.0 Å². The molecule has 0 fully saturated rings. The van der Waals surface area contributed by atoms with E-state index in [-0.39, 0.29) is 18.9 Å². The van der Waals surface area contributed by atoms with Gasteiger partial charge in [0, 0.05) is 0 Å². The Morgan fingerprint density at radius 1 is 1.12 bits per heavy atom. The Kier molecular flexibility index (Phi) is 8.30. The van der Waals surface area contributed by atoms with E-state index in [4.69, 9.17) is 1.34 Å². The molecule has 0 bridgehead atoms. The van der Waals surface area contributed by atoms with E-state index in [9.17, 15) is 0 Å². The van der Waals surface area contributed by atoms with Crippen LogP contribution in [0.25, 0.3) is 0 Å². The van der Waals surface area contributed by atoms with E-state index >= 15 is 0 Å². The fourth-order valence-corrected chi connectivity index (χ4v) is 0.866. The molecule has 0 heterocycles. The van der Waals surface area contributed by atoms with Crippen LogP contribution >= 0.6 is 0 Å². The van der Waals surface area contributed by atoms with E-state index in [1.54, 1.807) is 0 Å². The fraction of sp³-hybridized carbons (Fsp3) is 1.00. The minimum Gasteiger partial charge on any atom is -0.222 e. The first-order chi connectivity index (χ1) is 3.68. The van der Waals surface area contributed by atoms with Gasteiger partial charge in [0.25, 0.3) is 0 Å². The summed E-state index contributed by atoms with van der Waals surface area (Å²) >= 11 is 0. The third-order valence-electron chi connectivity index (χ3n) is 1.73. The van der Waals surface area contributed by atoms with Crippen molar-refractivity contribution in [3.63, 3.8) is 0 Å². The molecule has 0 rings (SSSR count). The SMILES string of the molecule is [2H][B-](CC)(CC)CC.[Li+]. The van der Waals surface area contributed by atoms with Crippen LogP contribution in [0.5, 0.6) is 0 Å². The summed E-state index contributed by atoms with van der Waals surface area (Å²) in [5.41, 5.74) is 0. The molecule has 0 aliphatic rings. The van der Waals surface area contributed by atoms with E-state index in [0.717, 1.165) is 19.0 Å². The minimum absolute atomic E-state index is 0. The van der Waals surface area contributed by atoms with Crippen LogP contribution in [0.15, 0.2) is 0 Å². The molecule has 0 aliphatic heterocycles. The van der Waals surface area contributed by atoms with Crippen molar-refractivity contribution in [3.8, 4) is 0 Å². The van der Waals surface area contributed by atoms with Crippen molar-refractivity contribution < 1.29 is 18.9 Å². The Labute approximate surface area is 67.0 Å². The molecule has 0 aromatic carbocycles. The van der Waals surface area contributed by atoms with Gasteiger partial charge in [-0.25, -0.2) is 1.34 Å². The summed E-state index contributed by atoms with van der Waals surface area (Å²) in [6, 6.07) is 0. The predicted octanol–water partition coefficient (Wildman–Crippen LogP) is -0.723. The molecule has 8 heavy (non-hydrogen) atoms. The van der Waals surface area contributed by atoms with Gasteiger partial charge >= 0.3 is 18.9 Å². The summed E-state index contributed by atoms with van der Waals surface area (Å²) in [6.45, 7) is 5.62. The molecule has 0 N–H and O–H groups in total. The van der Waals surface area contributed by atoms with Gasteiger partial charge in [-0.3, -0.25) is 0 Å². The van der Waals surface area contributed by atoms with E-state index in [1.165, 1.54) is 0 Å². The normalized spacial score (nSPS) is 12.1. The van der Waals surface area contributed by atoms with Crippen LogP contribution in [-0.4, -0.2) is 8.01 Å². The van der Waals surface area contributed by atoms with Gasteiger partial charge in [0.05, 0.1) is 0 Å². The largest absolute Gasteiger partial charge is 1.00 e. The van der Waals surface area contributed by atoms with Crippen LogP contribution in [-0.2, 0) is 0 Å². The Morgan fingerprint density at radius 3 is 1.38 bits per heavy atom. The van der Waals surface area contributed by atoms with Crippen molar-refractivity contribution in [2.24, 2.45) is 0 Å². The quantitative estimate of drug-likeness (QED) is 0.417. The van der Waals surface area contributed by atoms with E-state index in [0.29, 0.717) is 0 Å². The minimum atomic E-state index is -0.708. The van der Waals surface area contributed by atoms with Crippen LogP contribution in [0.4, 0.5) is 0 Å². The molecule has 0 amide bonds. The Bertz CT molecular complexity index is 55.8. The topological polar surface area (TPSA) is 0 Å². The molecule has 0 aliphatic carbocycles. The van der Waals surface area contributed by atoms with Gasteiger partial charge in [0.2, 0.25) is 0 Å². The summed E-state index contributed by atoms with van der Waals surface area (Å²) < 4.78 is 7.73. The monoisotopic (exact) mass is 107 g/mol. The maximum atomic E-state index is 7.73. The van der Waals surface area contributed by atoms with Crippen molar-refractivity contribution >= 4 is 6.68 Å². The van der Waals surface area contributed by atoms with Gasteiger partial charge < -0.3 is 0 Å². The second-order valence-electron chi connectivity index (χ2n) is 2.09. The van der Waals surface area contributed by atoms with Gasteiger partial charge in [0.1, 0.15) is 0 Å². The van der Waals surface area contributed by atoms with Crippen LogP contribution < -0.4 is 18.9 Å². The molecule has 0 unspecified atom stereocenters. The van der Waals surface area contributed by atoms with Crippen LogP contribution in [0.1, 0.15) is 20.8 Å². The van der Waals surface area contributed by atoms with Crippen molar-refractivity contribution in [1.29, 1.82) is 1.34 Å². The van der Waals surface area contributed by atoms with E-state index in [1.807, 2.05) is 0 Å². The first kappa shape index (κ1) is 8.66. The zero-order valence-corrected chi connectivity index (χ0v) is 6.70. The smallest absolute Gasteiger partial charge is 0.222 e. The van der Waals surface area contributed by atoms with Gasteiger partial charge in [-0.1, -0.05) is 20.8 Å². The molecule has 0 spiro atoms. The molecule has 44 valence electrons. The molecule has 0 saturated heterocycles. The number of hydrogen-bond acceptors (Lipinski definition) is 0. The van der Waals surface area contributed by atoms with Crippen molar-refractivity contribution in [1.82, 2.24) is 0 Å². The van der Waals surface area contributed by atoms with Gasteiger partial charge in [-0.15, -0.1) is 0 Å². The summed E-state index contributed by atoms with van der Waals surface area (Å²) in [4.78, 5) is 0. The molecule has 0 nitrogen and oxygen atoms in total. The Hall–Kier alpha value is 0.662. The zero-order valence-electron chi connectivity index (χ0n) is 7.70. The third-order valence-corrected chi connectivity index (χ3v) is 1.73. The van der Waals surface area contributed by atoms with Gasteiger partial charge in [0.15, 0.2) is 0 Å². The molecular weight excluding hydrogens is 89.8 g/mol. The first-order valence-corrected chi connectivity index (χ1v) is 3.35. The van der Waals surface area contributed by atoms with Crippen molar-refractivity contribution in [3.05, 3.63) is 0 Å². The van der Waals surface area contributed by atoms with Crippen molar-refractivity contribution in [2.75, 3.05) is 0 Å². The number of rotatable bonds is 3. The second-order valence-corrected chi connectivity index (χ2v) is 2.09. The van der Waals surface area contributed by atoms with Crippen molar-refractivity contribution in [2.45, 2.75) is 39.7 Å². The van der Waals surface area contributed by atoms with Gasteiger partial charge in [-0.2, -0.15) is 19.0 Å². The van der Waals surface area contributed by atoms with Crippen LogP contribution in [0.3, 0.4) is 0 Å². The number of hydrogen-bond donors (Lipinski definition) is 0.